The molecule has 4 heterocycles. The van der Waals surface area contributed by atoms with Crippen molar-refractivity contribution >= 4 is 6.09 Å². The topological polar surface area (TPSA) is 32.8 Å². The Morgan fingerprint density at radius 1 is 1.00 bits per heavy atom. The molecule has 2 aromatic carbocycles. The summed E-state index contributed by atoms with van der Waals surface area (Å²) >= 11 is 0. The molecule has 6 rings (SSSR count). The fourth-order valence-corrected chi connectivity index (χ4v) is 5.40. The molecule has 2 bridgehead atoms. The van der Waals surface area contributed by atoms with Crippen molar-refractivity contribution in [2.45, 2.75) is 37.8 Å². The summed E-state index contributed by atoms with van der Waals surface area (Å²) in [4.78, 5) is 17.8. The summed E-state index contributed by atoms with van der Waals surface area (Å²) < 4.78 is 6.14. The Kier molecular flexibility index (Phi) is 4.39. The second-order valence-electron chi connectivity index (χ2n) is 8.56. The second kappa shape index (κ2) is 6.93. The normalized spacial score (nSPS) is 31.3. The van der Waals surface area contributed by atoms with Crippen LogP contribution in [0.15, 0.2) is 54.6 Å². The number of ether oxygens (including phenoxy) is 1. The first-order valence-electron chi connectivity index (χ1n) is 10.5. The summed E-state index contributed by atoms with van der Waals surface area (Å²) in [7, 11) is 0. The highest BCUT2D eigenvalue weighted by Gasteiger charge is 2.45. The highest BCUT2D eigenvalue weighted by atomic mass is 16.6. The van der Waals surface area contributed by atoms with Crippen molar-refractivity contribution in [1.82, 2.24) is 9.80 Å². The lowest BCUT2D eigenvalue weighted by Crippen LogP contribution is -2.56. The molecule has 4 aliphatic rings. The number of hydrogen-bond acceptors (Lipinski definition) is 3. The van der Waals surface area contributed by atoms with E-state index in [4.69, 9.17) is 4.74 Å². The van der Waals surface area contributed by atoms with Gasteiger partial charge in [0.25, 0.3) is 0 Å². The Bertz CT molecular complexity index is 860. The molecule has 2 atom stereocenters. The molecule has 2 aromatic rings. The Morgan fingerprint density at radius 3 is 2.43 bits per heavy atom. The van der Waals surface area contributed by atoms with Gasteiger partial charge in [-0.25, -0.2) is 4.79 Å². The number of nitrogens with zero attached hydrogens (tertiary/aromatic N) is 2. The molecule has 0 saturated carbocycles. The summed E-state index contributed by atoms with van der Waals surface area (Å²) in [5.41, 5.74) is 3.15. The van der Waals surface area contributed by atoms with Crippen LogP contribution in [0.25, 0.3) is 0 Å². The predicted molar refractivity (Wildman–Crippen MR) is 109 cm³/mol. The van der Waals surface area contributed by atoms with Crippen molar-refractivity contribution in [2.24, 2.45) is 5.92 Å². The third-order valence-electron chi connectivity index (χ3n) is 7.09. The zero-order valence-corrected chi connectivity index (χ0v) is 16.5. The van der Waals surface area contributed by atoms with E-state index in [1.165, 1.54) is 11.1 Å². The maximum Gasteiger partial charge on any atom is 0.411 e. The Hall–Kier alpha value is -2.33. The lowest BCUT2D eigenvalue weighted by Gasteiger charge is -2.48. The number of carbonyl (C=O) groups excluding carboxylic acids is 1. The molecule has 0 spiro atoms. The van der Waals surface area contributed by atoms with Crippen molar-refractivity contribution < 1.29 is 9.53 Å². The molecule has 4 aliphatic heterocycles. The van der Waals surface area contributed by atoms with Crippen LogP contribution in [0.5, 0.6) is 0 Å². The fraction of sp³-hybridized carbons (Fsp3) is 0.458. The summed E-state index contributed by atoms with van der Waals surface area (Å²) in [6.45, 7) is 6.04. The van der Waals surface area contributed by atoms with Crippen LogP contribution in [0, 0.1) is 5.92 Å². The quantitative estimate of drug-likeness (QED) is 0.793. The molecule has 146 valence electrons. The lowest BCUT2D eigenvalue weighted by atomic mass is 9.77. The summed E-state index contributed by atoms with van der Waals surface area (Å²) in [6, 6.07) is 18.9. The van der Waals surface area contributed by atoms with Gasteiger partial charge in [0.2, 0.25) is 0 Å². The van der Waals surface area contributed by atoms with Gasteiger partial charge in [-0.1, -0.05) is 54.6 Å². The number of fused-ring (bicyclic) bond motifs is 4. The number of carbonyl (C=O) groups is 1. The summed E-state index contributed by atoms with van der Waals surface area (Å²) in [5, 5.41) is 0. The van der Waals surface area contributed by atoms with Gasteiger partial charge in [0.05, 0.1) is 5.54 Å². The van der Waals surface area contributed by atoms with Gasteiger partial charge < -0.3 is 4.74 Å². The van der Waals surface area contributed by atoms with E-state index in [2.05, 4.69) is 60.4 Å². The molecule has 4 nitrogen and oxygen atoms in total. The molecular formula is C24H28N2O2. The van der Waals surface area contributed by atoms with E-state index in [0.29, 0.717) is 12.5 Å². The van der Waals surface area contributed by atoms with E-state index in [1.54, 1.807) is 0 Å². The van der Waals surface area contributed by atoms with Crippen LogP contribution in [-0.4, -0.2) is 48.2 Å². The monoisotopic (exact) mass is 376 g/mol. The van der Waals surface area contributed by atoms with E-state index in [1.807, 2.05) is 11.0 Å². The number of rotatable bonds is 2. The highest BCUT2D eigenvalue weighted by molar-refractivity contribution is 5.71. The van der Waals surface area contributed by atoms with Gasteiger partial charge in [0.1, 0.15) is 6.10 Å². The van der Waals surface area contributed by atoms with Gasteiger partial charge in [0, 0.05) is 13.1 Å². The van der Waals surface area contributed by atoms with E-state index in [9.17, 15) is 4.79 Å². The third-order valence-corrected chi connectivity index (χ3v) is 7.09. The predicted octanol–water partition coefficient (Wildman–Crippen LogP) is 4.04. The van der Waals surface area contributed by atoms with Crippen LogP contribution >= 0.6 is 0 Å². The minimum atomic E-state index is -0.513. The molecule has 28 heavy (non-hydrogen) atoms. The first-order valence-corrected chi connectivity index (χ1v) is 10.5. The van der Waals surface area contributed by atoms with Gasteiger partial charge in [-0.05, 0) is 61.9 Å². The summed E-state index contributed by atoms with van der Waals surface area (Å²) in [5.74, 6) is 0.522. The van der Waals surface area contributed by atoms with E-state index in [0.717, 1.165) is 44.5 Å². The fourth-order valence-electron chi connectivity index (χ4n) is 5.40. The van der Waals surface area contributed by atoms with Crippen molar-refractivity contribution in [3.8, 4) is 0 Å². The van der Waals surface area contributed by atoms with Crippen molar-refractivity contribution in [1.29, 1.82) is 0 Å². The molecule has 0 radical (unpaired) electrons. The van der Waals surface area contributed by atoms with Gasteiger partial charge >= 0.3 is 6.09 Å². The average Bonchev–Trinajstić information content (AvgIpc) is 2.75. The molecule has 3 fully saturated rings. The third kappa shape index (κ3) is 2.82. The summed E-state index contributed by atoms with van der Waals surface area (Å²) in [6.07, 6.45) is 3.04. The molecule has 0 aliphatic carbocycles. The second-order valence-corrected chi connectivity index (χ2v) is 8.56. The first kappa shape index (κ1) is 17.7. The van der Waals surface area contributed by atoms with E-state index < -0.39 is 5.54 Å². The zero-order valence-electron chi connectivity index (χ0n) is 16.5. The number of benzene rings is 2. The minimum absolute atomic E-state index is 0.0344. The molecule has 4 heteroatoms. The van der Waals surface area contributed by atoms with Gasteiger partial charge in [-0.15, -0.1) is 0 Å². The number of hydrogen-bond donors (Lipinski definition) is 0. The zero-order chi connectivity index (χ0) is 19.1. The molecule has 0 N–H and O–H groups in total. The molecule has 2 unspecified atom stereocenters. The van der Waals surface area contributed by atoms with E-state index in [-0.39, 0.29) is 12.2 Å². The SMILES string of the molecule is CC1(c2ccccc2)c2ccccc2CCN1C(=O)OC1CN2CCC1CC2. The van der Waals surface area contributed by atoms with E-state index >= 15 is 0 Å². The minimum Gasteiger partial charge on any atom is -0.444 e. The maximum absolute atomic E-state index is 13.4. The van der Waals surface area contributed by atoms with Crippen LogP contribution in [-0.2, 0) is 16.7 Å². The Balaban J connectivity index is 1.48. The number of piperidine rings is 3. The Labute approximate surface area is 167 Å². The van der Waals surface area contributed by atoms with Crippen molar-refractivity contribution in [2.75, 3.05) is 26.2 Å². The largest absolute Gasteiger partial charge is 0.444 e. The number of amides is 1. The Morgan fingerprint density at radius 2 is 1.71 bits per heavy atom. The molecular weight excluding hydrogens is 348 g/mol. The molecule has 0 aromatic heterocycles. The van der Waals surface area contributed by atoms with Gasteiger partial charge in [-0.2, -0.15) is 0 Å². The molecule has 1 amide bonds. The lowest BCUT2D eigenvalue weighted by molar-refractivity contribution is -0.0514. The van der Waals surface area contributed by atoms with Crippen LogP contribution in [0.3, 0.4) is 0 Å². The first-order chi connectivity index (χ1) is 13.7. The van der Waals surface area contributed by atoms with Crippen molar-refractivity contribution in [3.05, 3.63) is 71.3 Å². The smallest absolute Gasteiger partial charge is 0.411 e. The van der Waals surface area contributed by atoms with Crippen molar-refractivity contribution in [3.63, 3.8) is 0 Å². The van der Waals surface area contributed by atoms with Gasteiger partial charge in [-0.3, -0.25) is 9.80 Å². The van der Waals surface area contributed by atoms with Crippen LogP contribution in [0.4, 0.5) is 4.79 Å². The van der Waals surface area contributed by atoms with Crippen LogP contribution in [0.1, 0.15) is 36.5 Å². The van der Waals surface area contributed by atoms with Gasteiger partial charge in [0.15, 0.2) is 0 Å². The standard InChI is InChI=1S/C24H28N2O2/c1-24(20-8-3-2-4-9-20)21-10-6-5-7-18(21)13-16-26(24)23(27)28-22-17-25-14-11-19(22)12-15-25/h2-10,19,22H,11-17H2,1H3. The maximum atomic E-state index is 13.4. The van der Waals surface area contributed by atoms with Crippen LogP contribution in [0.2, 0.25) is 0 Å². The average molecular weight is 377 g/mol. The highest BCUT2D eigenvalue weighted by Crippen LogP contribution is 2.41. The molecule has 3 saturated heterocycles. The van der Waals surface area contributed by atoms with Crippen LogP contribution < -0.4 is 0 Å².